The lowest BCUT2D eigenvalue weighted by atomic mass is 9.81. The average Bonchev–Trinajstić information content (AvgIpc) is 3.11. The Kier molecular flexibility index (Phi) is 11.1. The Balaban J connectivity index is 2.43. The quantitative estimate of drug-likeness (QED) is 0.358. The Bertz CT molecular complexity index is 531. The molecule has 0 aromatic rings. The van der Waals surface area contributed by atoms with Gasteiger partial charge in [-0.15, -0.1) is 0 Å². The number of unbranched alkanes of at least 4 members (excludes halogenated alkanes) is 1. The fraction of sp³-hybridized carbons (Fsp3) is 0.833. The maximum absolute atomic E-state index is 12.5. The highest BCUT2D eigenvalue weighted by Gasteiger charge is 2.42. The molecule has 1 aliphatic rings. The molecule has 0 bridgehead atoms. The van der Waals surface area contributed by atoms with Crippen molar-refractivity contribution in [1.82, 2.24) is 0 Å². The number of aliphatic carboxylic acids is 1. The van der Waals surface area contributed by atoms with Gasteiger partial charge in [-0.05, 0) is 50.4 Å². The number of carboxylic acid groups (broad SMARTS) is 1. The molecular formula is C24H42O5. The molecule has 2 atom stereocenters. The van der Waals surface area contributed by atoms with E-state index in [1.165, 1.54) is 12.8 Å². The van der Waals surface area contributed by atoms with Crippen molar-refractivity contribution in [2.24, 2.45) is 11.3 Å². The van der Waals surface area contributed by atoms with E-state index in [0.29, 0.717) is 38.5 Å². The van der Waals surface area contributed by atoms with Crippen LogP contribution in [0.1, 0.15) is 97.8 Å². The van der Waals surface area contributed by atoms with Crippen LogP contribution >= 0.6 is 0 Å². The van der Waals surface area contributed by atoms with Gasteiger partial charge in [0.15, 0.2) is 5.78 Å². The summed E-state index contributed by atoms with van der Waals surface area (Å²) in [5, 5.41) is 20.1. The van der Waals surface area contributed by atoms with E-state index in [0.717, 1.165) is 25.7 Å². The summed E-state index contributed by atoms with van der Waals surface area (Å²) in [6.45, 7) is 6.62. The summed E-state index contributed by atoms with van der Waals surface area (Å²) in [5.41, 5.74) is -0.887. The van der Waals surface area contributed by atoms with Gasteiger partial charge in [-0.25, -0.2) is 0 Å². The van der Waals surface area contributed by atoms with E-state index in [1.807, 2.05) is 12.2 Å². The Morgan fingerprint density at radius 3 is 2.38 bits per heavy atom. The minimum atomic E-state index is -1.06. The van der Waals surface area contributed by atoms with Crippen molar-refractivity contribution < 1.29 is 24.5 Å². The highest BCUT2D eigenvalue weighted by molar-refractivity contribution is 5.83. The first-order valence-corrected chi connectivity index (χ1v) is 11.3. The Morgan fingerprint density at radius 2 is 1.83 bits per heavy atom. The van der Waals surface area contributed by atoms with Gasteiger partial charge in [0.25, 0.3) is 0 Å². The lowest BCUT2D eigenvalue weighted by Gasteiger charge is -2.29. The second kappa shape index (κ2) is 12.5. The Morgan fingerprint density at radius 1 is 1.17 bits per heavy atom. The van der Waals surface area contributed by atoms with Crippen molar-refractivity contribution in [3.63, 3.8) is 0 Å². The van der Waals surface area contributed by atoms with Crippen molar-refractivity contribution >= 4 is 11.8 Å². The molecular weight excluding hydrogens is 368 g/mol. The van der Waals surface area contributed by atoms with Gasteiger partial charge < -0.3 is 14.9 Å². The zero-order valence-electron chi connectivity index (χ0n) is 18.9. The van der Waals surface area contributed by atoms with Gasteiger partial charge in [0.05, 0.1) is 11.5 Å². The van der Waals surface area contributed by atoms with Crippen LogP contribution in [0.25, 0.3) is 0 Å². The van der Waals surface area contributed by atoms with E-state index in [1.54, 1.807) is 7.11 Å². The average molecular weight is 411 g/mol. The number of methoxy groups -OCH3 is 1. The summed E-state index contributed by atoms with van der Waals surface area (Å²) >= 11 is 0. The third-order valence-electron chi connectivity index (χ3n) is 6.45. The molecule has 0 amide bonds. The van der Waals surface area contributed by atoms with E-state index < -0.39 is 23.6 Å². The first kappa shape index (κ1) is 25.8. The summed E-state index contributed by atoms with van der Waals surface area (Å²) in [6.07, 6.45) is 12.7. The Labute approximate surface area is 176 Å². The normalized spacial score (nSPS) is 18.8. The molecule has 0 spiro atoms. The van der Waals surface area contributed by atoms with E-state index in [2.05, 4.69) is 20.8 Å². The molecule has 0 heterocycles. The number of carbonyl (C=O) groups excluding carboxylic acids is 1. The highest BCUT2D eigenvalue weighted by Crippen LogP contribution is 2.38. The molecule has 0 aliphatic heterocycles. The van der Waals surface area contributed by atoms with Gasteiger partial charge in [-0.3, -0.25) is 9.59 Å². The zero-order valence-corrected chi connectivity index (χ0v) is 18.9. The number of aliphatic hydroxyl groups is 1. The molecule has 0 saturated heterocycles. The number of ketones is 1. The number of rotatable bonds is 15. The number of Topliss-reactive ketones (excluding diaryl/α,β-unsaturated/α-hetero) is 1. The number of carboxylic acids is 1. The van der Waals surface area contributed by atoms with Crippen molar-refractivity contribution in [1.29, 1.82) is 0 Å². The minimum absolute atomic E-state index is 0.130. The molecule has 5 heteroatoms. The molecule has 2 N–H and O–H groups in total. The number of hydrogen-bond donors (Lipinski definition) is 2. The molecule has 0 aromatic carbocycles. The predicted octanol–water partition coefficient (Wildman–Crippen LogP) is 5.30. The van der Waals surface area contributed by atoms with Crippen LogP contribution in [0, 0.1) is 11.3 Å². The van der Waals surface area contributed by atoms with Gasteiger partial charge in [0, 0.05) is 13.5 Å². The second-order valence-corrected chi connectivity index (χ2v) is 9.44. The van der Waals surface area contributed by atoms with E-state index in [-0.39, 0.29) is 11.2 Å². The van der Waals surface area contributed by atoms with E-state index in [4.69, 9.17) is 4.74 Å². The smallest absolute Gasteiger partial charge is 0.309 e. The lowest BCUT2D eigenvalue weighted by Crippen LogP contribution is -2.39. The maximum atomic E-state index is 12.5. The molecule has 1 fully saturated rings. The highest BCUT2D eigenvalue weighted by atomic mass is 16.5. The number of allylic oxidation sites excluding steroid dienone is 1. The molecule has 5 nitrogen and oxygen atoms in total. The molecule has 1 rings (SSSR count). The van der Waals surface area contributed by atoms with Gasteiger partial charge in [0.2, 0.25) is 0 Å². The summed E-state index contributed by atoms with van der Waals surface area (Å²) < 4.78 is 5.39. The van der Waals surface area contributed by atoms with E-state index in [9.17, 15) is 19.8 Å². The van der Waals surface area contributed by atoms with Crippen molar-refractivity contribution in [2.75, 3.05) is 7.11 Å². The third kappa shape index (κ3) is 9.00. The zero-order chi connectivity index (χ0) is 21.9. The van der Waals surface area contributed by atoms with Crippen molar-refractivity contribution in [3.8, 4) is 0 Å². The molecule has 1 saturated carbocycles. The van der Waals surface area contributed by atoms with E-state index >= 15 is 0 Å². The Hall–Kier alpha value is -1.20. The molecule has 0 aromatic heterocycles. The monoisotopic (exact) mass is 410 g/mol. The van der Waals surface area contributed by atoms with Crippen molar-refractivity contribution in [2.45, 2.75) is 110 Å². The summed E-state index contributed by atoms with van der Waals surface area (Å²) in [6, 6.07) is 0. The van der Waals surface area contributed by atoms with Gasteiger partial charge >= 0.3 is 5.97 Å². The predicted molar refractivity (Wildman–Crippen MR) is 116 cm³/mol. The van der Waals surface area contributed by atoms with Crippen LogP contribution in [0.2, 0.25) is 0 Å². The SMILES string of the molecule is CCCCC(C)(C)CCC(=O)C(CC=CCC[C@H](C(=O)O)C1(O)CCCC1)OC. The fourth-order valence-electron chi connectivity index (χ4n) is 4.32. The first-order valence-electron chi connectivity index (χ1n) is 11.3. The van der Waals surface area contributed by atoms with Crippen LogP contribution in [0.15, 0.2) is 12.2 Å². The van der Waals surface area contributed by atoms with Crippen LogP contribution in [-0.4, -0.2) is 40.8 Å². The third-order valence-corrected chi connectivity index (χ3v) is 6.45. The summed E-state index contributed by atoms with van der Waals surface area (Å²) in [5.74, 6) is -1.51. The fourth-order valence-corrected chi connectivity index (χ4v) is 4.32. The molecule has 29 heavy (non-hydrogen) atoms. The molecule has 1 aliphatic carbocycles. The maximum Gasteiger partial charge on any atom is 0.309 e. The van der Waals surface area contributed by atoms with Crippen LogP contribution in [-0.2, 0) is 14.3 Å². The number of ether oxygens (including phenoxy) is 1. The minimum Gasteiger partial charge on any atom is -0.481 e. The van der Waals surface area contributed by atoms with Crippen LogP contribution < -0.4 is 0 Å². The molecule has 1 unspecified atom stereocenters. The van der Waals surface area contributed by atoms with Crippen LogP contribution in [0.5, 0.6) is 0 Å². The first-order chi connectivity index (χ1) is 13.6. The second-order valence-electron chi connectivity index (χ2n) is 9.44. The topological polar surface area (TPSA) is 83.8 Å². The largest absolute Gasteiger partial charge is 0.481 e. The van der Waals surface area contributed by atoms with Crippen molar-refractivity contribution in [3.05, 3.63) is 12.2 Å². The molecule has 0 radical (unpaired) electrons. The standard InChI is InChI=1S/C24H42O5/c1-5-6-15-23(2,3)18-14-20(25)21(29-4)13-9-7-8-12-19(22(26)27)24(28)16-10-11-17-24/h7,9,19,21,28H,5-6,8,10-18H2,1-4H3,(H,26,27)/t19-,21?/m1/s1. The van der Waals surface area contributed by atoms with Gasteiger partial charge in [0.1, 0.15) is 6.10 Å². The summed E-state index contributed by atoms with van der Waals surface area (Å²) in [7, 11) is 1.56. The van der Waals surface area contributed by atoms with Crippen LogP contribution in [0.3, 0.4) is 0 Å². The summed E-state index contributed by atoms with van der Waals surface area (Å²) in [4.78, 5) is 24.1. The van der Waals surface area contributed by atoms with Gasteiger partial charge in [-0.2, -0.15) is 0 Å². The lowest BCUT2D eigenvalue weighted by molar-refractivity contribution is -0.152. The molecule has 168 valence electrons. The number of hydrogen-bond acceptors (Lipinski definition) is 4. The number of carbonyl (C=O) groups is 2. The van der Waals surface area contributed by atoms with Gasteiger partial charge in [-0.1, -0.05) is 58.6 Å². The van der Waals surface area contributed by atoms with Crippen LogP contribution in [0.4, 0.5) is 0 Å².